The first-order chi connectivity index (χ1) is 12.7. The van der Waals surface area contributed by atoms with Crippen LogP contribution < -0.4 is 20.1 Å². The number of hydrogen-bond acceptors (Lipinski definition) is 7. The molecular weight excluding hydrogens is 418 g/mol. The molecule has 0 radical (unpaired) electrons. The predicted octanol–water partition coefficient (Wildman–Crippen LogP) is 3.33. The number of ether oxygens (including phenoxy) is 2. The Labute approximate surface area is 163 Å². The summed E-state index contributed by atoms with van der Waals surface area (Å²) in [7, 11) is 3.80. The summed E-state index contributed by atoms with van der Waals surface area (Å²) in [4.78, 5) is 10.2. The van der Waals surface area contributed by atoms with Gasteiger partial charge in [0, 0.05) is 35.7 Å². The van der Waals surface area contributed by atoms with E-state index >= 15 is 0 Å². The largest absolute Gasteiger partial charge is 0.454 e. The van der Waals surface area contributed by atoms with E-state index in [0.717, 1.165) is 56.0 Å². The van der Waals surface area contributed by atoms with Gasteiger partial charge in [-0.15, -0.1) is 0 Å². The number of rotatable bonds is 6. The molecule has 0 bridgehead atoms. The summed E-state index contributed by atoms with van der Waals surface area (Å²) in [5, 5.41) is 7.22. The van der Waals surface area contributed by atoms with Crippen LogP contribution >= 0.6 is 27.7 Å². The lowest BCUT2D eigenvalue weighted by Gasteiger charge is -2.10. The maximum Gasteiger partial charge on any atom is 0.231 e. The second-order valence-corrected chi connectivity index (χ2v) is 7.53. The average molecular weight is 436 g/mol. The maximum atomic E-state index is 5.51. The molecule has 0 amide bonds. The van der Waals surface area contributed by atoms with Crippen LogP contribution in [0.4, 0.5) is 5.82 Å². The van der Waals surface area contributed by atoms with Crippen molar-refractivity contribution in [1.82, 2.24) is 19.9 Å². The van der Waals surface area contributed by atoms with Gasteiger partial charge < -0.3 is 24.7 Å². The zero-order valence-corrected chi connectivity index (χ0v) is 16.8. The highest BCUT2D eigenvalue weighted by atomic mass is 79.9. The fraction of sp³-hybridized carbons (Fsp3) is 0.294. The Morgan fingerprint density at radius 3 is 2.85 bits per heavy atom. The lowest BCUT2D eigenvalue weighted by Crippen LogP contribution is -2.15. The van der Waals surface area contributed by atoms with E-state index in [1.54, 1.807) is 18.0 Å². The highest BCUT2D eigenvalue weighted by Gasteiger charge is 2.20. The van der Waals surface area contributed by atoms with Gasteiger partial charge >= 0.3 is 0 Å². The van der Waals surface area contributed by atoms with Gasteiger partial charge in [-0.1, -0.05) is 11.8 Å². The van der Waals surface area contributed by atoms with Gasteiger partial charge in [-0.25, -0.2) is 9.97 Å². The highest BCUT2D eigenvalue weighted by Crippen LogP contribution is 2.43. The molecule has 9 heteroatoms. The number of fused-ring (bicyclic) bond motifs is 2. The van der Waals surface area contributed by atoms with Gasteiger partial charge in [0.1, 0.15) is 5.52 Å². The van der Waals surface area contributed by atoms with Crippen molar-refractivity contribution >= 4 is 44.5 Å². The molecule has 0 unspecified atom stereocenters. The fourth-order valence-electron chi connectivity index (χ4n) is 2.81. The van der Waals surface area contributed by atoms with Gasteiger partial charge in [0.15, 0.2) is 22.5 Å². The summed E-state index contributed by atoms with van der Waals surface area (Å²) in [6, 6.07) is 5.92. The van der Waals surface area contributed by atoms with E-state index in [9.17, 15) is 0 Å². The maximum absolute atomic E-state index is 5.51. The Morgan fingerprint density at radius 1 is 1.27 bits per heavy atom. The summed E-state index contributed by atoms with van der Waals surface area (Å²) < 4.78 is 14.1. The van der Waals surface area contributed by atoms with Crippen LogP contribution in [0, 0.1) is 0 Å². The highest BCUT2D eigenvalue weighted by molar-refractivity contribution is 9.10. The summed E-state index contributed by atoms with van der Waals surface area (Å²) in [6.07, 6.45) is 1.80. The number of aromatic nitrogens is 3. The van der Waals surface area contributed by atoms with Crippen molar-refractivity contribution in [1.29, 1.82) is 0 Å². The molecule has 0 atom stereocenters. The van der Waals surface area contributed by atoms with E-state index in [1.165, 1.54) is 0 Å². The molecule has 2 aromatic heterocycles. The van der Waals surface area contributed by atoms with E-state index in [-0.39, 0.29) is 6.79 Å². The summed E-state index contributed by atoms with van der Waals surface area (Å²) >= 11 is 5.21. The Hall–Kier alpha value is -1.97. The molecule has 0 saturated carbocycles. The Bertz CT molecular complexity index is 962. The first kappa shape index (κ1) is 17.4. The van der Waals surface area contributed by atoms with Crippen LogP contribution in [0.5, 0.6) is 11.5 Å². The van der Waals surface area contributed by atoms with Crippen LogP contribution in [-0.4, -0.2) is 42.0 Å². The fourth-order valence-corrected chi connectivity index (χ4v) is 4.33. The lowest BCUT2D eigenvalue weighted by atomic mass is 10.3. The third kappa shape index (κ3) is 3.10. The monoisotopic (exact) mass is 435 g/mol. The van der Waals surface area contributed by atoms with Crippen LogP contribution in [0.2, 0.25) is 0 Å². The normalized spacial score (nSPS) is 12.7. The molecule has 3 heterocycles. The SMILES string of the molecule is CNCCn1c(Sc2cc3c(cc2Br)OCO3)nc2c(NC)nccc21. The van der Waals surface area contributed by atoms with Gasteiger partial charge in [-0.3, -0.25) is 0 Å². The first-order valence-electron chi connectivity index (χ1n) is 8.16. The van der Waals surface area contributed by atoms with Crippen LogP contribution in [0.25, 0.3) is 11.0 Å². The van der Waals surface area contributed by atoms with Crippen molar-refractivity contribution in [3.05, 3.63) is 28.9 Å². The number of anilines is 1. The van der Waals surface area contributed by atoms with E-state index in [0.29, 0.717) is 0 Å². The molecule has 1 aliphatic rings. The van der Waals surface area contributed by atoms with Crippen molar-refractivity contribution in [2.24, 2.45) is 0 Å². The number of nitrogens with zero attached hydrogens (tertiary/aromatic N) is 3. The van der Waals surface area contributed by atoms with Gasteiger partial charge in [0.05, 0.1) is 5.52 Å². The van der Waals surface area contributed by atoms with E-state index in [1.807, 2.05) is 32.3 Å². The molecule has 1 aromatic carbocycles. The van der Waals surface area contributed by atoms with Gasteiger partial charge in [0.25, 0.3) is 0 Å². The number of likely N-dealkylation sites (N-methyl/N-ethyl adjacent to an activating group) is 1. The molecular formula is C17H18BrN5O2S. The van der Waals surface area contributed by atoms with Crippen LogP contribution in [-0.2, 0) is 6.54 Å². The second kappa shape index (κ2) is 7.34. The molecule has 0 spiro atoms. The molecule has 3 aromatic rings. The molecule has 26 heavy (non-hydrogen) atoms. The summed E-state index contributed by atoms with van der Waals surface area (Å²) in [6.45, 7) is 1.91. The quantitative estimate of drug-likeness (QED) is 0.614. The van der Waals surface area contributed by atoms with Gasteiger partial charge in [-0.2, -0.15) is 0 Å². The van der Waals surface area contributed by atoms with Crippen molar-refractivity contribution in [3.8, 4) is 11.5 Å². The Kier molecular flexibility index (Phi) is 4.92. The topological polar surface area (TPSA) is 73.2 Å². The number of halogens is 1. The zero-order valence-electron chi connectivity index (χ0n) is 14.4. The van der Waals surface area contributed by atoms with Gasteiger partial charge in [0.2, 0.25) is 6.79 Å². The minimum atomic E-state index is 0.258. The molecule has 0 saturated heterocycles. The molecule has 2 N–H and O–H groups in total. The summed E-state index contributed by atoms with van der Waals surface area (Å²) in [5.41, 5.74) is 1.92. The van der Waals surface area contributed by atoms with Crippen LogP contribution in [0.1, 0.15) is 0 Å². The number of imidazole rings is 1. The van der Waals surface area contributed by atoms with Crippen LogP contribution in [0.3, 0.4) is 0 Å². The standard InChI is InChI=1S/C17H18BrN5O2S/c1-19-5-6-23-11-3-4-21-16(20-2)15(11)22-17(23)26-14-8-13-12(7-10(14)18)24-9-25-13/h3-4,7-8,19H,5-6,9H2,1-2H3,(H,20,21). The summed E-state index contributed by atoms with van der Waals surface area (Å²) in [5.74, 6) is 2.29. The average Bonchev–Trinajstić information content (AvgIpc) is 3.23. The lowest BCUT2D eigenvalue weighted by molar-refractivity contribution is 0.174. The minimum Gasteiger partial charge on any atom is -0.454 e. The molecule has 1 aliphatic heterocycles. The molecule has 0 fully saturated rings. The van der Waals surface area contributed by atoms with Crippen molar-refractivity contribution < 1.29 is 9.47 Å². The van der Waals surface area contributed by atoms with E-state index < -0.39 is 0 Å². The Balaban J connectivity index is 1.78. The van der Waals surface area contributed by atoms with Crippen molar-refractivity contribution in [2.75, 3.05) is 32.7 Å². The molecule has 7 nitrogen and oxygen atoms in total. The predicted molar refractivity (Wildman–Crippen MR) is 105 cm³/mol. The number of pyridine rings is 1. The van der Waals surface area contributed by atoms with E-state index in [4.69, 9.17) is 14.5 Å². The van der Waals surface area contributed by atoms with Gasteiger partial charge in [-0.05, 0) is 41.2 Å². The number of hydrogen-bond donors (Lipinski definition) is 2. The third-order valence-electron chi connectivity index (χ3n) is 4.08. The first-order valence-corrected chi connectivity index (χ1v) is 9.77. The molecule has 4 rings (SSSR count). The van der Waals surface area contributed by atoms with E-state index in [2.05, 4.69) is 36.1 Å². The Morgan fingerprint density at radius 2 is 2.08 bits per heavy atom. The smallest absolute Gasteiger partial charge is 0.231 e. The number of nitrogens with one attached hydrogen (secondary N) is 2. The molecule has 0 aliphatic carbocycles. The number of benzene rings is 1. The van der Waals surface area contributed by atoms with Crippen LogP contribution in [0.15, 0.2) is 38.9 Å². The zero-order chi connectivity index (χ0) is 18.1. The second-order valence-electron chi connectivity index (χ2n) is 5.66. The third-order valence-corrected chi connectivity index (χ3v) is 6.05. The minimum absolute atomic E-state index is 0.258. The molecule has 136 valence electrons. The van der Waals surface area contributed by atoms with Crippen molar-refractivity contribution in [3.63, 3.8) is 0 Å². The van der Waals surface area contributed by atoms with Crippen molar-refractivity contribution in [2.45, 2.75) is 16.6 Å².